The smallest absolute Gasteiger partial charge is 0.270 e. The van der Waals surface area contributed by atoms with Crippen molar-refractivity contribution in [3.8, 4) is 0 Å². The maximum absolute atomic E-state index is 13.9. The summed E-state index contributed by atoms with van der Waals surface area (Å²) in [4.78, 5) is 18.4. The molecule has 2 aromatic heterocycles. The normalized spacial score (nSPS) is 14.4. The maximum atomic E-state index is 13.9. The molecule has 0 unspecified atom stereocenters. The van der Waals surface area contributed by atoms with Crippen LogP contribution in [0.2, 0.25) is 0 Å². The van der Waals surface area contributed by atoms with Gasteiger partial charge in [0.1, 0.15) is 11.5 Å². The number of benzene rings is 3. The standard InChI is InChI=1S/C33H33N3O2/c1-24-11-9-10-16-28(24)23-36-29-21-25(2)38-31(29)22-30(36)33(37)35-19-17-34(18-20-35)32(26-12-5-3-6-13-26)27-14-7-4-8-15-27/h3-16,21-22,32H,17-20,23H2,1-2H3. The minimum Gasteiger partial charge on any atom is -0.460 e. The number of hydrogen-bond acceptors (Lipinski definition) is 3. The van der Waals surface area contributed by atoms with E-state index in [1.54, 1.807) is 0 Å². The van der Waals surface area contributed by atoms with Gasteiger partial charge in [0.2, 0.25) is 0 Å². The van der Waals surface area contributed by atoms with Crippen LogP contribution in [-0.4, -0.2) is 46.5 Å². The summed E-state index contributed by atoms with van der Waals surface area (Å²) in [6, 6.07) is 33.8. The van der Waals surface area contributed by atoms with Crippen LogP contribution in [0.15, 0.2) is 101 Å². The Morgan fingerprint density at radius 2 is 1.39 bits per heavy atom. The lowest BCUT2D eigenvalue weighted by atomic mass is 9.96. The van der Waals surface area contributed by atoms with Crippen LogP contribution in [0.1, 0.15) is 44.5 Å². The molecule has 3 heterocycles. The Bertz CT molecular complexity index is 1500. The summed E-state index contributed by atoms with van der Waals surface area (Å²) in [5.41, 5.74) is 7.42. The average molecular weight is 504 g/mol. The van der Waals surface area contributed by atoms with Gasteiger partial charge in [0.15, 0.2) is 5.58 Å². The monoisotopic (exact) mass is 503 g/mol. The molecule has 0 bridgehead atoms. The number of rotatable bonds is 6. The number of nitrogens with zero attached hydrogens (tertiary/aromatic N) is 3. The van der Waals surface area contributed by atoms with Crippen LogP contribution in [0.25, 0.3) is 11.1 Å². The molecule has 192 valence electrons. The highest BCUT2D eigenvalue weighted by Crippen LogP contribution is 2.31. The first-order valence-electron chi connectivity index (χ1n) is 13.4. The number of aromatic nitrogens is 1. The number of furan rings is 1. The van der Waals surface area contributed by atoms with Gasteiger partial charge in [-0.3, -0.25) is 9.69 Å². The van der Waals surface area contributed by atoms with E-state index < -0.39 is 0 Å². The zero-order chi connectivity index (χ0) is 26.1. The second kappa shape index (κ2) is 10.3. The van der Waals surface area contributed by atoms with Crippen LogP contribution in [0.5, 0.6) is 0 Å². The molecule has 1 amide bonds. The number of hydrogen-bond donors (Lipinski definition) is 0. The van der Waals surface area contributed by atoms with Gasteiger partial charge >= 0.3 is 0 Å². The molecule has 1 fully saturated rings. The quantitative estimate of drug-likeness (QED) is 0.268. The van der Waals surface area contributed by atoms with E-state index in [-0.39, 0.29) is 11.9 Å². The first-order valence-corrected chi connectivity index (χ1v) is 13.4. The number of aryl methyl sites for hydroxylation is 2. The van der Waals surface area contributed by atoms with Crippen molar-refractivity contribution in [3.05, 3.63) is 131 Å². The van der Waals surface area contributed by atoms with Crippen molar-refractivity contribution in [2.75, 3.05) is 26.2 Å². The molecule has 6 rings (SSSR count). The molecule has 0 N–H and O–H groups in total. The van der Waals surface area contributed by atoms with Crippen molar-refractivity contribution in [2.45, 2.75) is 26.4 Å². The van der Waals surface area contributed by atoms with Crippen LogP contribution in [0, 0.1) is 13.8 Å². The predicted molar refractivity (Wildman–Crippen MR) is 151 cm³/mol. The highest BCUT2D eigenvalue weighted by molar-refractivity contribution is 5.97. The zero-order valence-corrected chi connectivity index (χ0v) is 22.0. The minimum atomic E-state index is 0.0678. The van der Waals surface area contributed by atoms with Gasteiger partial charge in [0, 0.05) is 44.9 Å². The molecule has 5 heteroatoms. The molecule has 5 nitrogen and oxygen atoms in total. The lowest BCUT2D eigenvalue weighted by Gasteiger charge is -2.39. The van der Waals surface area contributed by atoms with Gasteiger partial charge in [-0.15, -0.1) is 0 Å². The van der Waals surface area contributed by atoms with Crippen LogP contribution in [-0.2, 0) is 6.54 Å². The average Bonchev–Trinajstić information content (AvgIpc) is 3.48. The molecule has 0 spiro atoms. The van der Waals surface area contributed by atoms with Crippen LogP contribution >= 0.6 is 0 Å². The number of amides is 1. The Labute approximate surface area is 223 Å². The number of piperazine rings is 1. The summed E-state index contributed by atoms with van der Waals surface area (Å²) < 4.78 is 8.07. The Morgan fingerprint density at radius 1 is 0.789 bits per heavy atom. The number of carbonyl (C=O) groups is 1. The van der Waals surface area contributed by atoms with E-state index in [0.717, 1.165) is 29.9 Å². The van der Waals surface area contributed by atoms with Gasteiger partial charge in [0.25, 0.3) is 5.91 Å². The minimum absolute atomic E-state index is 0.0678. The van der Waals surface area contributed by atoms with Gasteiger partial charge in [-0.05, 0) is 36.1 Å². The van der Waals surface area contributed by atoms with E-state index in [1.165, 1.54) is 22.3 Å². The predicted octanol–water partition coefficient (Wildman–Crippen LogP) is 6.45. The van der Waals surface area contributed by atoms with Gasteiger partial charge in [0.05, 0.1) is 11.6 Å². The summed E-state index contributed by atoms with van der Waals surface area (Å²) in [5.74, 6) is 0.923. The Kier molecular flexibility index (Phi) is 6.61. The summed E-state index contributed by atoms with van der Waals surface area (Å²) in [5, 5.41) is 0. The molecule has 1 saturated heterocycles. The first kappa shape index (κ1) is 24.3. The third-order valence-corrected chi connectivity index (χ3v) is 7.72. The summed E-state index contributed by atoms with van der Waals surface area (Å²) in [6.45, 7) is 7.71. The lowest BCUT2D eigenvalue weighted by Crippen LogP contribution is -2.50. The van der Waals surface area contributed by atoms with E-state index in [1.807, 2.05) is 24.0 Å². The van der Waals surface area contributed by atoms with Gasteiger partial charge in [-0.1, -0.05) is 84.9 Å². The summed E-state index contributed by atoms with van der Waals surface area (Å²) in [6.07, 6.45) is 0. The molecule has 0 radical (unpaired) electrons. The first-order chi connectivity index (χ1) is 18.6. The van der Waals surface area contributed by atoms with Crippen molar-refractivity contribution in [1.29, 1.82) is 0 Å². The largest absolute Gasteiger partial charge is 0.460 e. The second-order valence-electron chi connectivity index (χ2n) is 10.2. The molecule has 3 aromatic carbocycles. The molecule has 38 heavy (non-hydrogen) atoms. The van der Waals surface area contributed by atoms with Crippen molar-refractivity contribution < 1.29 is 9.21 Å². The van der Waals surface area contributed by atoms with E-state index in [9.17, 15) is 4.79 Å². The summed E-state index contributed by atoms with van der Waals surface area (Å²) in [7, 11) is 0. The van der Waals surface area contributed by atoms with Gasteiger partial charge in [-0.25, -0.2) is 0 Å². The van der Waals surface area contributed by atoms with Gasteiger partial charge < -0.3 is 13.9 Å². The second-order valence-corrected chi connectivity index (χ2v) is 10.2. The van der Waals surface area contributed by atoms with Crippen molar-refractivity contribution in [1.82, 2.24) is 14.4 Å². The van der Waals surface area contributed by atoms with E-state index in [2.05, 4.69) is 101 Å². The molecule has 0 saturated carbocycles. The van der Waals surface area contributed by atoms with Crippen molar-refractivity contribution in [3.63, 3.8) is 0 Å². The van der Waals surface area contributed by atoms with Gasteiger partial charge in [-0.2, -0.15) is 0 Å². The molecule has 5 aromatic rings. The SMILES string of the molecule is Cc1cc2c(cc(C(=O)N3CCN(C(c4ccccc4)c4ccccc4)CC3)n2Cc2ccccc2C)o1. The lowest BCUT2D eigenvalue weighted by molar-refractivity contribution is 0.0588. The third-order valence-electron chi connectivity index (χ3n) is 7.72. The van der Waals surface area contributed by atoms with E-state index in [0.29, 0.717) is 25.3 Å². The third kappa shape index (κ3) is 4.66. The maximum Gasteiger partial charge on any atom is 0.270 e. The Hall–Kier alpha value is -4.09. The molecular weight excluding hydrogens is 470 g/mol. The van der Waals surface area contributed by atoms with E-state index in [4.69, 9.17) is 4.42 Å². The topological polar surface area (TPSA) is 41.6 Å². The van der Waals surface area contributed by atoms with Crippen LogP contribution in [0.3, 0.4) is 0 Å². The molecule has 1 aliphatic heterocycles. The van der Waals surface area contributed by atoms with Crippen LogP contribution < -0.4 is 0 Å². The van der Waals surface area contributed by atoms with Crippen molar-refractivity contribution in [2.24, 2.45) is 0 Å². The molecule has 1 aliphatic rings. The van der Waals surface area contributed by atoms with E-state index >= 15 is 0 Å². The highest BCUT2D eigenvalue weighted by Gasteiger charge is 2.30. The number of carbonyl (C=O) groups excluding carboxylic acids is 1. The molecular formula is C33H33N3O2. The molecule has 0 atom stereocenters. The molecule has 0 aliphatic carbocycles. The fourth-order valence-electron chi connectivity index (χ4n) is 5.70. The fourth-order valence-corrected chi connectivity index (χ4v) is 5.70. The fraction of sp³-hybridized carbons (Fsp3) is 0.242. The number of fused-ring (bicyclic) bond motifs is 1. The zero-order valence-electron chi connectivity index (χ0n) is 22.0. The van der Waals surface area contributed by atoms with Crippen LogP contribution in [0.4, 0.5) is 0 Å². The highest BCUT2D eigenvalue weighted by atomic mass is 16.3. The summed E-state index contributed by atoms with van der Waals surface area (Å²) >= 11 is 0. The van der Waals surface area contributed by atoms with Crippen molar-refractivity contribution >= 4 is 17.0 Å². The Balaban J connectivity index is 1.25. The Morgan fingerprint density at radius 3 is 2.03 bits per heavy atom.